The van der Waals surface area contributed by atoms with Crippen molar-refractivity contribution in [1.29, 1.82) is 0 Å². The van der Waals surface area contributed by atoms with E-state index >= 15 is 0 Å². The molecule has 16 heavy (non-hydrogen) atoms. The first-order valence-corrected chi connectivity index (χ1v) is 6.75. The minimum atomic E-state index is 0.644. The van der Waals surface area contributed by atoms with Gasteiger partial charge in [0.2, 0.25) is 0 Å². The molecular formula is C13H26N2O. The Morgan fingerprint density at radius 3 is 2.56 bits per heavy atom. The Morgan fingerprint density at radius 1 is 1.38 bits per heavy atom. The summed E-state index contributed by atoms with van der Waals surface area (Å²) in [5.74, 6) is 0.853. The molecule has 2 rings (SSSR count). The molecular weight excluding hydrogens is 200 g/mol. The molecule has 1 N–H and O–H groups in total. The lowest BCUT2D eigenvalue weighted by Gasteiger charge is -2.40. The van der Waals surface area contributed by atoms with Crippen LogP contribution < -0.4 is 5.32 Å². The van der Waals surface area contributed by atoms with Gasteiger partial charge in [-0.05, 0) is 39.2 Å². The topological polar surface area (TPSA) is 24.5 Å². The average Bonchev–Trinajstić information content (AvgIpc) is 2.55. The molecule has 0 aliphatic carbocycles. The van der Waals surface area contributed by atoms with Crippen molar-refractivity contribution in [3.05, 3.63) is 0 Å². The summed E-state index contributed by atoms with van der Waals surface area (Å²) in [7, 11) is 0. The SMILES string of the molecule is CC1CCNC1CCN(C(C)C)C1COC1. The molecule has 0 radical (unpaired) electrons. The number of nitrogens with one attached hydrogen (secondary N) is 1. The van der Waals surface area contributed by atoms with Crippen LogP contribution in [0.3, 0.4) is 0 Å². The van der Waals surface area contributed by atoms with E-state index in [2.05, 4.69) is 31.0 Å². The van der Waals surface area contributed by atoms with Crippen molar-refractivity contribution in [3.8, 4) is 0 Å². The van der Waals surface area contributed by atoms with Crippen LogP contribution in [-0.2, 0) is 4.74 Å². The fraction of sp³-hybridized carbons (Fsp3) is 1.00. The zero-order valence-electron chi connectivity index (χ0n) is 10.9. The smallest absolute Gasteiger partial charge is 0.0645 e. The van der Waals surface area contributed by atoms with E-state index in [1.807, 2.05) is 0 Å². The fourth-order valence-corrected chi connectivity index (χ4v) is 2.85. The highest BCUT2D eigenvalue weighted by Gasteiger charge is 2.29. The van der Waals surface area contributed by atoms with Crippen molar-refractivity contribution < 1.29 is 4.74 Å². The van der Waals surface area contributed by atoms with Gasteiger partial charge in [-0.15, -0.1) is 0 Å². The Hall–Kier alpha value is -0.120. The predicted octanol–water partition coefficient (Wildman–Crippen LogP) is 1.48. The van der Waals surface area contributed by atoms with Gasteiger partial charge >= 0.3 is 0 Å². The van der Waals surface area contributed by atoms with Crippen molar-refractivity contribution in [2.75, 3.05) is 26.3 Å². The molecule has 2 aliphatic heterocycles. The quantitative estimate of drug-likeness (QED) is 0.768. The van der Waals surface area contributed by atoms with E-state index < -0.39 is 0 Å². The van der Waals surface area contributed by atoms with Crippen LogP contribution >= 0.6 is 0 Å². The molecule has 0 aromatic heterocycles. The van der Waals surface area contributed by atoms with Gasteiger partial charge in [-0.3, -0.25) is 4.90 Å². The zero-order valence-corrected chi connectivity index (χ0v) is 10.9. The Bertz CT molecular complexity index is 216. The summed E-state index contributed by atoms with van der Waals surface area (Å²) in [6, 6.07) is 2.06. The standard InChI is InChI=1S/C13H26N2O/c1-10(2)15(12-8-16-9-12)7-5-13-11(3)4-6-14-13/h10-14H,4-9H2,1-3H3. The van der Waals surface area contributed by atoms with Crippen molar-refractivity contribution in [1.82, 2.24) is 10.2 Å². The lowest BCUT2D eigenvalue weighted by molar-refractivity contribution is -0.0760. The van der Waals surface area contributed by atoms with E-state index in [4.69, 9.17) is 4.74 Å². The molecule has 0 saturated carbocycles. The van der Waals surface area contributed by atoms with Gasteiger partial charge < -0.3 is 10.1 Å². The second kappa shape index (κ2) is 5.48. The number of hydrogen-bond acceptors (Lipinski definition) is 3. The number of ether oxygens (including phenoxy) is 1. The van der Waals surface area contributed by atoms with E-state index in [-0.39, 0.29) is 0 Å². The average molecular weight is 226 g/mol. The van der Waals surface area contributed by atoms with Crippen LogP contribution in [0.5, 0.6) is 0 Å². The van der Waals surface area contributed by atoms with Crippen LogP contribution in [0, 0.1) is 5.92 Å². The van der Waals surface area contributed by atoms with Gasteiger partial charge in [0.15, 0.2) is 0 Å². The fourth-order valence-electron chi connectivity index (χ4n) is 2.85. The van der Waals surface area contributed by atoms with Crippen molar-refractivity contribution in [2.45, 2.75) is 51.7 Å². The summed E-state index contributed by atoms with van der Waals surface area (Å²) >= 11 is 0. The second-order valence-corrected chi connectivity index (χ2v) is 5.64. The molecule has 0 spiro atoms. The first-order valence-electron chi connectivity index (χ1n) is 6.75. The van der Waals surface area contributed by atoms with Gasteiger partial charge in [0.1, 0.15) is 0 Å². The molecule has 2 fully saturated rings. The molecule has 0 aromatic carbocycles. The Kier molecular flexibility index (Phi) is 4.22. The summed E-state index contributed by atoms with van der Waals surface area (Å²) in [6.45, 7) is 11.3. The third-order valence-electron chi connectivity index (χ3n) is 4.14. The van der Waals surface area contributed by atoms with E-state index in [1.165, 1.54) is 25.9 Å². The van der Waals surface area contributed by atoms with Crippen LogP contribution in [0.4, 0.5) is 0 Å². The normalized spacial score (nSPS) is 31.3. The van der Waals surface area contributed by atoms with Gasteiger partial charge in [-0.25, -0.2) is 0 Å². The molecule has 2 aliphatic rings. The molecule has 2 heterocycles. The summed E-state index contributed by atoms with van der Waals surface area (Å²) in [6.07, 6.45) is 2.63. The predicted molar refractivity (Wildman–Crippen MR) is 66.6 cm³/mol. The van der Waals surface area contributed by atoms with Crippen LogP contribution in [-0.4, -0.2) is 49.3 Å². The highest BCUT2D eigenvalue weighted by atomic mass is 16.5. The van der Waals surface area contributed by atoms with Crippen LogP contribution in [0.1, 0.15) is 33.6 Å². The molecule has 3 heteroatoms. The summed E-state index contributed by atoms with van der Waals surface area (Å²) in [4.78, 5) is 2.61. The molecule has 0 aromatic rings. The van der Waals surface area contributed by atoms with Crippen molar-refractivity contribution in [2.24, 2.45) is 5.92 Å². The number of hydrogen-bond donors (Lipinski definition) is 1. The molecule has 2 unspecified atom stereocenters. The first-order chi connectivity index (χ1) is 7.68. The van der Waals surface area contributed by atoms with Crippen molar-refractivity contribution >= 4 is 0 Å². The van der Waals surface area contributed by atoms with E-state index in [1.54, 1.807) is 0 Å². The lowest BCUT2D eigenvalue weighted by Crippen LogP contribution is -2.53. The number of nitrogens with zero attached hydrogens (tertiary/aromatic N) is 1. The van der Waals surface area contributed by atoms with Gasteiger partial charge in [-0.2, -0.15) is 0 Å². The Labute approximate surface area is 99.5 Å². The van der Waals surface area contributed by atoms with Gasteiger partial charge in [0.25, 0.3) is 0 Å². The minimum absolute atomic E-state index is 0.644. The highest BCUT2D eigenvalue weighted by molar-refractivity contribution is 4.85. The molecule has 94 valence electrons. The van der Waals surface area contributed by atoms with Gasteiger partial charge in [0, 0.05) is 18.6 Å². The molecule has 3 nitrogen and oxygen atoms in total. The van der Waals surface area contributed by atoms with E-state index in [0.717, 1.165) is 25.2 Å². The van der Waals surface area contributed by atoms with Gasteiger partial charge in [-0.1, -0.05) is 6.92 Å². The Balaban J connectivity index is 1.77. The third-order valence-corrected chi connectivity index (χ3v) is 4.14. The Morgan fingerprint density at radius 2 is 2.12 bits per heavy atom. The largest absolute Gasteiger partial charge is 0.378 e. The molecule has 2 atom stereocenters. The van der Waals surface area contributed by atoms with Gasteiger partial charge in [0.05, 0.1) is 19.3 Å². The van der Waals surface area contributed by atoms with Crippen LogP contribution in [0.15, 0.2) is 0 Å². The first kappa shape index (κ1) is 12.3. The molecule has 2 saturated heterocycles. The maximum Gasteiger partial charge on any atom is 0.0645 e. The summed E-state index contributed by atoms with van der Waals surface area (Å²) < 4.78 is 5.30. The maximum atomic E-state index is 5.30. The molecule has 0 bridgehead atoms. The monoisotopic (exact) mass is 226 g/mol. The van der Waals surface area contributed by atoms with Crippen molar-refractivity contribution in [3.63, 3.8) is 0 Å². The minimum Gasteiger partial charge on any atom is -0.378 e. The third kappa shape index (κ3) is 2.76. The van der Waals surface area contributed by atoms with E-state index in [9.17, 15) is 0 Å². The lowest BCUT2D eigenvalue weighted by atomic mass is 9.99. The maximum absolute atomic E-state index is 5.30. The summed E-state index contributed by atoms with van der Waals surface area (Å²) in [5, 5.41) is 3.62. The van der Waals surface area contributed by atoms with Crippen LogP contribution in [0.25, 0.3) is 0 Å². The zero-order chi connectivity index (χ0) is 11.5. The molecule has 0 amide bonds. The van der Waals surface area contributed by atoms with Crippen LogP contribution in [0.2, 0.25) is 0 Å². The van der Waals surface area contributed by atoms with E-state index in [0.29, 0.717) is 12.1 Å². The highest BCUT2D eigenvalue weighted by Crippen LogP contribution is 2.20. The number of rotatable bonds is 5. The summed E-state index contributed by atoms with van der Waals surface area (Å²) in [5.41, 5.74) is 0. The second-order valence-electron chi connectivity index (χ2n) is 5.64.